The van der Waals surface area contributed by atoms with Gasteiger partial charge in [-0.2, -0.15) is 0 Å². The highest BCUT2D eigenvalue weighted by Gasteiger charge is 2.48. The fraction of sp³-hybridized carbons (Fsp3) is 0.706. The van der Waals surface area contributed by atoms with E-state index in [1.165, 1.54) is 0 Å². The first-order valence-corrected chi connectivity index (χ1v) is 10.5. The van der Waals surface area contributed by atoms with Gasteiger partial charge in [0.15, 0.2) is 9.84 Å². The number of hydrogen-bond acceptors (Lipinski definition) is 5. The van der Waals surface area contributed by atoms with Gasteiger partial charge in [0, 0.05) is 25.6 Å². The molecule has 7 heteroatoms. The first kappa shape index (κ1) is 16.1. The highest BCUT2D eigenvalue weighted by molar-refractivity contribution is 7.91. The number of piperazine rings is 1. The van der Waals surface area contributed by atoms with Crippen LogP contribution in [0.15, 0.2) is 16.5 Å². The van der Waals surface area contributed by atoms with Crippen LogP contribution in [0.2, 0.25) is 0 Å². The third kappa shape index (κ3) is 3.24. The molecule has 3 heterocycles. The van der Waals surface area contributed by atoms with Crippen molar-refractivity contribution in [3.05, 3.63) is 23.7 Å². The summed E-state index contributed by atoms with van der Waals surface area (Å²) in [5, 5.41) is 0. The van der Waals surface area contributed by atoms with E-state index in [0.29, 0.717) is 32.0 Å². The second-order valence-corrected chi connectivity index (χ2v) is 9.58. The largest absolute Gasteiger partial charge is 0.465 e. The lowest BCUT2D eigenvalue weighted by Crippen LogP contribution is -2.60. The summed E-state index contributed by atoms with van der Waals surface area (Å²) in [6.45, 7) is 3.82. The molecule has 1 aromatic rings. The summed E-state index contributed by atoms with van der Waals surface area (Å²) >= 11 is 0. The number of aryl methyl sites for hydroxylation is 1. The fourth-order valence-corrected chi connectivity index (χ4v) is 6.00. The molecule has 2 atom stereocenters. The molecule has 132 valence electrons. The van der Waals surface area contributed by atoms with Crippen LogP contribution in [0.4, 0.5) is 0 Å². The van der Waals surface area contributed by atoms with Gasteiger partial charge in [-0.15, -0.1) is 0 Å². The molecule has 1 aromatic heterocycles. The van der Waals surface area contributed by atoms with Crippen molar-refractivity contribution in [3.8, 4) is 0 Å². The Morgan fingerprint density at radius 2 is 1.96 bits per heavy atom. The maximum atomic E-state index is 12.6. The van der Waals surface area contributed by atoms with Crippen LogP contribution in [0.3, 0.4) is 0 Å². The van der Waals surface area contributed by atoms with E-state index in [1.807, 2.05) is 24.0 Å². The Bertz CT molecular complexity index is 738. The number of fused-ring (bicyclic) bond motifs is 1. The van der Waals surface area contributed by atoms with E-state index < -0.39 is 9.84 Å². The Kier molecular flexibility index (Phi) is 3.95. The number of nitrogens with zero attached hydrogens (tertiary/aromatic N) is 2. The summed E-state index contributed by atoms with van der Waals surface area (Å²) in [6, 6.07) is 3.55. The predicted molar refractivity (Wildman–Crippen MR) is 89.1 cm³/mol. The van der Waals surface area contributed by atoms with Crippen molar-refractivity contribution in [1.29, 1.82) is 0 Å². The number of amides is 1. The Morgan fingerprint density at radius 1 is 1.21 bits per heavy atom. The van der Waals surface area contributed by atoms with Crippen LogP contribution in [0.5, 0.6) is 0 Å². The topological polar surface area (TPSA) is 70.8 Å². The molecule has 0 radical (unpaired) electrons. The van der Waals surface area contributed by atoms with E-state index in [2.05, 4.69) is 4.90 Å². The molecule has 2 aliphatic heterocycles. The van der Waals surface area contributed by atoms with Gasteiger partial charge in [0.2, 0.25) is 5.91 Å². The highest BCUT2D eigenvalue weighted by atomic mass is 32.2. The van der Waals surface area contributed by atoms with Crippen molar-refractivity contribution in [2.24, 2.45) is 5.92 Å². The number of carbonyl (C=O) groups is 1. The van der Waals surface area contributed by atoms with Gasteiger partial charge in [-0.3, -0.25) is 9.69 Å². The number of hydrogen-bond donors (Lipinski definition) is 0. The second kappa shape index (κ2) is 5.88. The van der Waals surface area contributed by atoms with Crippen LogP contribution in [0, 0.1) is 12.8 Å². The molecule has 4 rings (SSSR count). The summed E-state index contributed by atoms with van der Waals surface area (Å²) in [5.74, 6) is 2.62. The monoisotopic (exact) mass is 352 g/mol. The summed E-state index contributed by atoms with van der Waals surface area (Å²) in [4.78, 5) is 16.6. The lowest BCUT2D eigenvalue weighted by atomic mass is 10.0. The van der Waals surface area contributed by atoms with Crippen LogP contribution >= 0.6 is 0 Å². The normalized spacial score (nSPS) is 29.6. The molecule has 2 saturated heterocycles. The minimum absolute atomic E-state index is 0.0990. The van der Waals surface area contributed by atoms with Crippen molar-refractivity contribution in [3.63, 3.8) is 0 Å². The molecule has 6 nitrogen and oxygen atoms in total. The summed E-state index contributed by atoms with van der Waals surface area (Å²) < 4.78 is 30.1. The molecular formula is C17H24N2O4S. The van der Waals surface area contributed by atoms with Gasteiger partial charge < -0.3 is 9.32 Å². The van der Waals surface area contributed by atoms with Crippen LogP contribution in [-0.2, 0) is 21.2 Å². The smallest absolute Gasteiger partial charge is 0.223 e. The average molecular weight is 352 g/mol. The Hall–Kier alpha value is -1.34. The lowest BCUT2D eigenvalue weighted by molar-refractivity contribution is -0.137. The molecule has 1 aliphatic carbocycles. The zero-order chi connectivity index (χ0) is 16.9. The SMILES string of the molecule is Cc1ccc(CN2CCN(C(=O)CC3CC3)[C@H]3CS(=O)(=O)C[C@H]32)o1. The minimum atomic E-state index is -3.09. The predicted octanol–water partition coefficient (Wildman–Crippen LogP) is 1.20. The Labute approximate surface area is 142 Å². The van der Waals surface area contributed by atoms with E-state index in [0.717, 1.165) is 24.4 Å². The molecule has 3 fully saturated rings. The third-order valence-corrected chi connectivity index (χ3v) is 7.13. The van der Waals surface area contributed by atoms with Gasteiger partial charge in [0.1, 0.15) is 11.5 Å². The van der Waals surface area contributed by atoms with Gasteiger partial charge in [0.05, 0.1) is 24.1 Å². The molecular weight excluding hydrogens is 328 g/mol. The fourth-order valence-electron chi connectivity index (χ4n) is 3.99. The molecule has 0 bridgehead atoms. The summed E-state index contributed by atoms with van der Waals surface area (Å²) in [7, 11) is -3.09. The third-order valence-electron chi connectivity index (χ3n) is 5.43. The average Bonchev–Trinajstić information content (AvgIpc) is 3.12. The van der Waals surface area contributed by atoms with Crippen LogP contribution < -0.4 is 0 Å². The van der Waals surface area contributed by atoms with Crippen molar-refractivity contribution in [1.82, 2.24) is 9.80 Å². The molecule has 0 N–H and O–H groups in total. The molecule has 3 aliphatic rings. The second-order valence-electron chi connectivity index (χ2n) is 7.43. The first-order valence-electron chi connectivity index (χ1n) is 8.70. The van der Waals surface area contributed by atoms with Gasteiger partial charge in [-0.25, -0.2) is 8.42 Å². The van der Waals surface area contributed by atoms with Crippen molar-refractivity contribution in [2.75, 3.05) is 24.6 Å². The quantitative estimate of drug-likeness (QED) is 0.814. The van der Waals surface area contributed by atoms with Gasteiger partial charge in [0.25, 0.3) is 0 Å². The zero-order valence-electron chi connectivity index (χ0n) is 14.0. The van der Waals surface area contributed by atoms with Gasteiger partial charge in [-0.05, 0) is 37.8 Å². The maximum absolute atomic E-state index is 12.6. The first-order chi connectivity index (χ1) is 11.4. The molecule has 0 spiro atoms. The molecule has 0 aromatic carbocycles. The lowest BCUT2D eigenvalue weighted by Gasteiger charge is -2.43. The van der Waals surface area contributed by atoms with Crippen molar-refractivity contribution < 1.29 is 17.6 Å². The Morgan fingerprint density at radius 3 is 2.62 bits per heavy atom. The van der Waals surface area contributed by atoms with E-state index in [9.17, 15) is 13.2 Å². The number of rotatable bonds is 4. The van der Waals surface area contributed by atoms with Crippen LogP contribution in [0.1, 0.15) is 30.8 Å². The van der Waals surface area contributed by atoms with Gasteiger partial charge >= 0.3 is 0 Å². The molecule has 1 amide bonds. The van der Waals surface area contributed by atoms with Crippen LogP contribution in [-0.4, -0.2) is 60.8 Å². The molecule has 0 unspecified atom stereocenters. The molecule has 24 heavy (non-hydrogen) atoms. The zero-order valence-corrected chi connectivity index (χ0v) is 14.8. The van der Waals surface area contributed by atoms with Crippen molar-refractivity contribution in [2.45, 2.75) is 44.8 Å². The number of carbonyl (C=O) groups excluding carboxylic acids is 1. The minimum Gasteiger partial charge on any atom is -0.465 e. The highest BCUT2D eigenvalue weighted by Crippen LogP contribution is 2.35. The van der Waals surface area contributed by atoms with Gasteiger partial charge in [-0.1, -0.05) is 0 Å². The van der Waals surface area contributed by atoms with E-state index >= 15 is 0 Å². The van der Waals surface area contributed by atoms with Crippen LogP contribution in [0.25, 0.3) is 0 Å². The number of sulfone groups is 1. The van der Waals surface area contributed by atoms with E-state index in [1.54, 1.807) is 0 Å². The standard InChI is InChI=1S/C17H24N2O4S/c1-12-2-5-14(23-12)9-18-6-7-19(17(20)8-13-3-4-13)16-11-24(21,22)10-15(16)18/h2,5,13,15-16H,3-4,6-11H2,1H3/t15-,16+/m1/s1. The summed E-state index contributed by atoms with van der Waals surface area (Å²) in [5.41, 5.74) is 0. The maximum Gasteiger partial charge on any atom is 0.223 e. The van der Waals surface area contributed by atoms with E-state index in [4.69, 9.17) is 4.42 Å². The Balaban J connectivity index is 1.52. The summed E-state index contributed by atoms with van der Waals surface area (Å²) in [6.07, 6.45) is 2.85. The van der Waals surface area contributed by atoms with E-state index in [-0.39, 0.29) is 29.5 Å². The number of furan rings is 1. The molecule has 1 saturated carbocycles. The van der Waals surface area contributed by atoms with Crippen molar-refractivity contribution >= 4 is 15.7 Å².